The summed E-state index contributed by atoms with van der Waals surface area (Å²) in [6.07, 6.45) is 1.43. The zero-order valence-corrected chi connectivity index (χ0v) is 11.4. The van der Waals surface area contributed by atoms with Gasteiger partial charge in [0, 0.05) is 26.1 Å². The molecule has 0 radical (unpaired) electrons. The smallest absolute Gasteiger partial charge is 0.220 e. The molecule has 1 heterocycles. The second-order valence-corrected chi connectivity index (χ2v) is 4.99. The summed E-state index contributed by atoms with van der Waals surface area (Å²) in [5.41, 5.74) is 2.45. The quantitative estimate of drug-likeness (QED) is 0.833. The van der Waals surface area contributed by atoms with Gasteiger partial charge in [-0.3, -0.25) is 4.79 Å². The number of rotatable bonds is 5. The van der Waals surface area contributed by atoms with Gasteiger partial charge in [0.05, 0.1) is 12.7 Å². The van der Waals surface area contributed by atoms with Gasteiger partial charge in [-0.05, 0) is 18.9 Å². The molecule has 4 heteroatoms. The van der Waals surface area contributed by atoms with Crippen molar-refractivity contribution < 1.29 is 9.53 Å². The van der Waals surface area contributed by atoms with Crippen LogP contribution in [0.25, 0.3) is 0 Å². The van der Waals surface area contributed by atoms with Gasteiger partial charge in [-0.2, -0.15) is 0 Å². The van der Waals surface area contributed by atoms with Gasteiger partial charge in [0.15, 0.2) is 0 Å². The number of benzene rings is 1. The highest BCUT2D eigenvalue weighted by molar-refractivity contribution is 5.76. The van der Waals surface area contributed by atoms with Crippen LogP contribution in [0.2, 0.25) is 0 Å². The first-order valence-electron chi connectivity index (χ1n) is 6.88. The Hall–Kier alpha value is -1.39. The molecule has 0 aromatic heterocycles. The fourth-order valence-electron chi connectivity index (χ4n) is 2.08. The van der Waals surface area contributed by atoms with Crippen molar-refractivity contribution in [2.75, 3.05) is 26.2 Å². The summed E-state index contributed by atoms with van der Waals surface area (Å²) in [6.45, 7) is 5.11. The molecule has 2 N–H and O–H groups in total. The average Bonchev–Trinajstić information content (AvgIpc) is 2.45. The molecule has 104 valence electrons. The molecule has 1 aromatic carbocycles. The van der Waals surface area contributed by atoms with E-state index in [2.05, 4.69) is 41.8 Å². The topological polar surface area (TPSA) is 50.4 Å². The Kier molecular flexibility index (Phi) is 5.36. The molecule has 1 fully saturated rings. The number of aryl methyl sites for hydroxylation is 2. The van der Waals surface area contributed by atoms with Crippen LogP contribution in [0, 0.1) is 6.92 Å². The monoisotopic (exact) mass is 262 g/mol. The molecule has 1 unspecified atom stereocenters. The molecule has 1 aliphatic rings. The van der Waals surface area contributed by atoms with E-state index in [9.17, 15) is 4.79 Å². The van der Waals surface area contributed by atoms with Crippen LogP contribution in [0.1, 0.15) is 17.5 Å². The van der Waals surface area contributed by atoms with E-state index in [4.69, 9.17) is 4.74 Å². The minimum absolute atomic E-state index is 0.0924. The number of nitrogens with one attached hydrogen (secondary N) is 2. The Labute approximate surface area is 114 Å². The Balaban J connectivity index is 1.65. The van der Waals surface area contributed by atoms with E-state index in [1.54, 1.807) is 0 Å². The van der Waals surface area contributed by atoms with Crippen LogP contribution < -0.4 is 10.6 Å². The van der Waals surface area contributed by atoms with Crippen LogP contribution in [0.15, 0.2) is 24.3 Å². The molecular formula is C15H22N2O2. The maximum atomic E-state index is 11.7. The van der Waals surface area contributed by atoms with E-state index in [1.807, 2.05) is 0 Å². The summed E-state index contributed by atoms with van der Waals surface area (Å²) in [5, 5.41) is 6.18. The summed E-state index contributed by atoms with van der Waals surface area (Å²) in [4.78, 5) is 11.7. The Morgan fingerprint density at radius 3 is 2.89 bits per heavy atom. The predicted octanol–water partition coefficient (Wildman–Crippen LogP) is 1.03. The first-order valence-corrected chi connectivity index (χ1v) is 6.88. The minimum Gasteiger partial charge on any atom is -0.374 e. The molecule has 1 amide bonds. The molecule has 4 nitrogen and oxygen atoms in total. The van der Waals surface area contributed by atoms with Crippen LogP contribution >= 0.6 is 0 Å². The van der Waals surface area contributed by atoms with Crippen LogP contribution in [0.4, 0.5) is 0 Å². The number of ether oxygens (including phenoxy) is 1. The van der Waals surface area contributed by atoms with Crippen LogP contribution in [-0.2, 0) is 16.0 Å². The van der Waals surface area contributed by atoms with Crippen molar-refractivity contribution in [3.63, 3.8) is 0 Å². The van der Waals surface area contributed by atoms with Crippen molar-refractivity contribution in [3.8, 4) is 0 Å². The van der Waals surface area contributed by atoms with Crippen LogP contribution in [0.3, 0.4) is 0 Å². The molecule has 0 aliphatic carbocycles. The molecule has 19 heavy (non-hydrogen) atoms. The standard InChI is InChI=1S/C15H22N2O2/c1-12-2-4-13(5-3-12)6-7-15(18)17-11-14-10-16-8-9-19-14/h2-5,14,16H,6-11H2,1H3,(H,17,18). The lowest BCUT2D eigenvalue weighted by Crippen LogP contribution is -2.45. The van der Waals surface area contributed by atoms with Crippen molar-refractivity contribution in [3.05, 3.63) is 35.4 Å². The molecule has 1 atom stereocenters. The average molecular weight is 262 g/mol. The third kappa shape index (κ3) is 5.01. The zero-order valence-electron chi connectivity index (χ0n) is 11.4. The second-order valence-electron chi connectivity index (χ2n) is 4.99. The highest BCUT2D eigenvalue weighted by Crippen LogP contribution is 2.05. The van der Waals surface area contributed by atoms with Gasteiger partial charge in [-0.25, -0.2) is 0 Å². The fourth-order valence-corrected chi connectivity index (χ4v) is 2.08. The van der Waals surface area contributed by atoms with E-state index in [0.29, 0.717) is 13.0 Å². The molecule has 0 spiro atoms. The molecule has 1 aromatic rings. The number of carbonyl (C=O) groups excluding carboxylic acids is 1. The molecule has 1 aliphatic heterocycles. The fraction of sp³-hybridized carbons (Fsp3) is 0.533. The summed E-state index contributed by atoms with van der Waals surface area (Å²) >= 11 is 0. The number of morpholine rings is 1. The maximum absolute atomic E-state index is 11.7. The van der Waals surface area contributed by atoms with Gasteiger partial charge in [0.2, 0.25) is 5.91 Å². The highest BCUT2D eigenvalue weighted by Gasteiger charge is 2.13. The molecule has 0 bridgehead atoms. The molecule has 2 rings (SSSR count). The summed E-state index contributed by atoms with van der Waals surface area (Å²) in [5.74, 6) is 0.0924. The van der Waals surface area contributed by atoms with Crippen molar-refractivity contribution in [2.45, 2.75) is 25.9 Å². The van der Waals surface area contributed by atoms with Crippen molar-refractivity contribution in [1.29, 1.82) is 0 Å². The summed E-state index contributed by atoms with van der Waals surface area (Å²) in [7, 11) is 0. The maximum Gasteiger partial charge on any atom is 0.220 e. The number of carbonyl (C=O) groups is 1. The van der Waals surface area contributed by atoms with E-state index in [1.165, 1.54) is 11.1 Å². The summed E-state index contributed by atoms with van der Waals surface area (Å²) in [6, 6.07) is 8.32. The lowest BCUT2D eigenvalue weighted by atomic mass is 10.1. The van der Waals surface area contributed by atoms with E-state index in [-0.39, 0.29) is 12.0 Å². The third-order valence-corrected chi connectivity index (χ3v) is 3.29. The predicted molar refractivity (Wildman–Crippen MR) is 75.1 cm³/mol. The molecule has 1 saturated heterocycles. The van der Waals surface area contributed by atoms with Crippen molar-refractivity contribution in [2.24, 2.45) is 0 Å². The SMILES string of the molecule is Cc1ccc(CCC(=O)NCC2CNCCO2)cc1. The third-order valence-electron chi connectivity index (χ3n) is 3.29. The minimum atomic E-state index is 0.0924. The zero-order chi connectivity index (χ0) is 13.5. The molecular weight excluding hydrogens is 240 g/mol. The van der Waals surface area contributed by atoms with Gasteiger partial charge < -0.3 is 15.4 Å². The van der Waals surface area contributed by atoms with Gasteiger partial charge in [0.25, 0.3) is 0 Å². The Morgan fingerprint density at radius 2 is 2.21 bits per heavy atom. The van der Waals surface area contributed by atoms with E-state index >= 15 is 0 Å². The van der Waals surface area contributed by atoms with Gasteiger partial charge in [0.1, 0.15) is 0 Å². The van der Waals surface area contributed by atoms with Crippen LogP contribution in [0.5, 0.6) is 0 Å². The number of hydrogen-bond acceptors (Lipinski definition) is 3. The Bertz CT molecular complexity index is 397. The van der Waals surface area contributed by atoms with Crippen molar-refractivity contribution in [1.82, 2.24) is 10.6 Å². The van der Waals surface area contributed by atoms with Gasteiger partial charge in [-0.15, -0.1) is 0 Å². The van der Waals surface area contributed by atoms with E-state index in [0.717, 1.165) is 26.1 Å². The lowest BCUT2D eigenvalue weighted by molar-refractivity contribution is -0.121. The highest BCUT2D eigenvalue weighted by atomic mass is 16.5. The number of hydrogen-bond donors (Lipinski definition) is 2. The second kappa shape index (κ2) is 7.26. The van der Waals surface area contributed by atoms with Gasteiger partial charge in [-0.1, -0.05) is 29.8 Å². The van der Waals surface area contributed by atoms with Crippen molar-refractivity contribution >= 4 is 5.91 Å². The van der Waals surface area contributed by atoms with E-state index < -0.39 is 0 Å². The van der Waals surface area contributed by atoms with Gasteiger partial charge >= 0.3 is 0 Å². The first kappa shape index (κ1) is 14.0. The lowest BCUT2D eigenvalue weighted by Gasteiger charge is -2.23. The summed E-state index contributed by atoms with van der Waals surface area (Å²) < 4.78 is 5.53. The Morgan fingerprint density at radius 1 is 1.42 bits per heavy atom. The normalized spacial score (nSPS) is 19.1. The largest absolute Gasteiger partial charge is 0.374 e. The first-order chi connectivity index (χ1) is 9.24. The number of amides is 1. The molecule has 0 saturated carbocycles. The van der Waals surface area contributed by atoms with Crippen LogP contribution in [-0.4, -0.2) is 38.3 Å².